The number of carboxylic acids is 1. The molecule has 226 valence electrons. The summed E-state index contributed by atoms with van der Waals surface area (Å²) >= 11 is 0. The molecular formula is C31H53N5O4. The van der Waals surface area contributed by atoms with Crippen molar-refractivity contribution in [3.05, 3.63) is 0 Å². The molecule has 2 bridgehead atoms. The molecule has 9 heteroatoms. The van der Waals surface area contributed by atoms with Crippen LogP contribution in [0.25, 0.3) is 0 Å². The lowest BCUT2D eigenvalue weighted by Gasteiger charge is -2.43. The number of carbonyl (C=O) groups is 1. The van der Waals surface area contributed by atoms with E-state index in [9.17, 15) is 20.1 Å². The van der Waals surface area contributed by atoms with Gasteiger partial charge >= 0.3 is 5.97 Å². The quantitative estimate of drug-likeness (QED) is 0.197. The van der Waals surface area contributed by atoms with Gasteiger partial charge in [-0.05, 0) is 65.3 Å². The maximum Gasteiger partial charge on any atom is 0.306 e. The Balaban J connectivity index is 1.33. The highest BCUT2D eigenvalue weighted by Gasteiger charge is 2.38. The number of fused-ring (bicyclic) bond motifs is 2. The Morgan fingerprint density at radius 1 is 1.23 bits per heavy atom. The van der Waals surface area contributed by atoms with Gasteiger partial charge in [0.25, 0.3) is 0 Å². The van der Waals surface area contributed by atoms with Crippen LogP contribution in [0.5, 0.6) is 0 Å². The van der Waals surface area contributed by atoms with Gasteiger partial charge in [-0.25, -0.2) is 0 Å². The Morgan fingerprint density at radius 2 is 2.05 bits per heavy atom. The molecule has 8 atom stereocenters. The lowest BCUT2D eigenvalue weighted by molar-refractivity contribution is -0.143. The first-order valence-electron chi connectivity index (χ1n) is 15.7. The molecule has 2 fully saturated rings. The Hall–Kier alpha value is -1.54. The van der Waals surface area contributed by atoms with E-state index in [1.807, 2.05) is 6.21 Å². The summed E-state index contributed by atoms with van der Waals surface area (Å²) in [5.41, 5.74) is -1.36. The molecule has 0 aromatic rings. The highest BCUT2D eigenvalue weighted by atomic mass is 16.4. The molecule has 0 spiro atoms. The summed E-state index contributed by atoms with van der Waals surface area (Å²) in [6, 6.07) is 1.09. The molecule has 0 aromatic heterocycles. The molecule has 6 N–H and O–H groups in total. The topological polar surface area (TPSA) is 129 Å². The maximum atomic E-state index is 11.5. The molecule has 4 rings (SSSR count). The van der Waals surface area contributed by atoms with E-state index in [0.29, 0.717) is 37.0 Å². The van der Waals surface area contributed by atoms with Gasteiger partial charge in [-0.2, -0.15) is 0 Å². The van der Waals surface area contributed by atoms with Gasteiger partial charge in [-0.3, -0.25) is 14.7 Å². The number of aliphatic hydroxyl groups excluding tert-OH is 1. The third-order valence-corrected chi connectivity index (χ3v) is 9.73. The largest absolute Gasteiger partial charge is 0.481 e. The van der Waals surface area contributed by atoms with Crippen molar-refractivity contribution < 1.29 is 20.1 Å². The van der Waals surface area contributed by atoms with Crippen LogP contribution in [0.15, 0.2) is 4.99 Å². The van der Waals surface area contributed by atoms with Crippen LogP contribution in [0.4, 0.5) is 0 Å². The zero-order chi connectivity index (χ0) is 28.6. The average Bonchev–Trinajstić information content (AvgIpc) is 3.44. The third kappa shape index (κ3) is 9.23. The maximum absolute atomic E-state index is 11.5. The average molecular weight is 560 g/mol. The number of nitrogens with one attached hydrogen (secondary N) is 3. The number of β-amino-alcohol motifs (C(OH)–C–C–N with tert-alkyl or cyclic N) is 1. The SMILES string of the molecule is CC1NC(CCCCC2C#CCC3CC(C)(CCN3)NCC(O)(CC(=O)O)CCCC2)C(N2CC=NC2)CC1O. The van der Waals surface area contributed by atoms with E-state index in [1.54, 1.807) is 0 Å². The van der Waals surface area contributed by atoms with Crippen molar-refractivity contribution >= 4 is 12.2 Å². The molecular weight excluding hydrogens is 506 g/mol. The first kappa shape index (κ1) is 31.4. The zero-order valence-corrected chi connectivity index (χ0v) is 24.7. The van der Waals surface area contributed by atoms with Crippen LogP contribution in [0, 0.1) is 17.8 Å². The molecule has 9 nitrogen and oxygen atoms in total. The Bertz CT molecular complexity index is 913. The number of aliphatic carboxylic acids is 1. The van der Waals surface area contributed by atoms with E-state index >= 15 is 0 Å². The van der Waals surface area contributed by atoms with Crippen LogP contribution in [-0.4, -0.2) is 100 Å². The second kappa shape index (κ2) is 14.6. The second-order valence-electron chi connectivity index (χ2n) is 13.3. The number of hydrogen-bond donors (Lipinski definition) is 6. The fourth-order valence-electron chi connectivity index (χ4n) is 7.17. The fraction of sp³-hybridized carbons (Fsp3) is 0.871. The van der Waals surface area contributed by atoms with Crippen LogP contribution < -0.4 is 16.0 Å². The Labute approximate surface area is 241 Å². The predicted molar refractivity (Wildman–Crippen MR) is 158 cm³/mol. The zero-order valence-electron chi connectivity index (χ0n) is 24.7. The molecule has 8 unspecified atom stereocenters. The summed E-state index contributed by atoms with van der Waals surface area (Å²) < 4.78 is 0. The van der Waals surface area contributed by atoms with Crippen molar-refractivity contribution in [3.8, 4) is 11.8 Å². The van der Waals surface area contributed by atoms with Gasteiger partial charge in [-0.15, -0.1) is 5.92 Å². The van der Waals surface area contributed by atoms with E-state index < -0.39 is 11.6 Å². The third-order valence-electron chi connectivity index (χ3n) is 9.73. The number of hydrogen-bond acceptors (Lipinski definition) is 8. The van der Waals surface area contributed by atoms with E-state index in [4.69, 9.17) is 0 Å². The van der Waals surface area contributed by atoms with Crippen LogP contribution >= 0.6 is 0 Å². The molecule has 0 saturated carbocycles. The predicted octanol–water partition coefficient (Wildman–Crippen LogP) is 2.26. The van der Waals surface area contributed by atoms with Crippen LogP contribution in [0.2, 0.25) is 0 Å². The Kier molecular flexibility index (Phi) is 11.4. The second-order valence-corrected chi connectivity index (χ2v) is 13.3. The van der Waals surface area contributed by atoms with Gasteiger partial charge < -0.3 is 31.3 Å². The van der Waals surface area contributed by atoms with Crippen molar-refractivity contribution in [1.82, 2.24) is 20.9 Å². The van der Waals surface area contributed by atoms with Gasteiger partial charge in [0.1, 0.15) is 0 Å². The molecule has 0 aromatic carbocycles. The van der Waals surface area contributed by atoms with Crippen molar-refractivity contribution in [3.63, 3.8) is 0 Å². The first-order chi connectivity index (χ1) is 19.1. The van der Waals surface area contributed by atoms with Crippen molar-refractivity contribution in [2.45, 2.75) is 139 Å². The molecule has 0 radical (unpaired) electrons. The summed E-state index contributed by atoms with van der Waals surface area (Å²) in [4.78, 5) is 18.3. The highest BCUT2D eigenvalue weighted by molar-refractivity contribution is 5.68. The summed E-state index contributed by atoms with van der Waals surface area (Å²) in [7, 11) is 0. The van der Waals surface area contributed by atoms with Crippen LogP contribution in [0.1, 0.15) is 97.3 Å². The van der Waals surface area contributed by atoms with Gasteiger partial charge in [0.2, 0.25) is 0 Å². The minimum Gasteiger partial charge on any atom is -0.481 e. The molecule has 0 amide bonds. The standard InChI is InChI=1S/C31H53N5O4/c1-23-28(37)18-27(36-17-16-32-22-36)26(35-23)12-4-3-8-24-9-5-6-13-31(40,20-29(38)39)21-34-30(2)14-15-33-25(19-30)11-7-10-24/h16,23-28,33-35,37,40H,3-6,8-9,11-15,17-22H2,1-2H3,(H,38,39). The number of aliphatic hydroxyl groups is 2. The monoisotopic (exact) mass is 559 g/mol. The van der Waals surface area contributed by atoms with Gasteiger partial charge in [-0.1, -0.05) is 31.6 Å². The molecule has 40 heavy (non-hydrogen) atoms. The molecule has 4 aliphatic rings. The minimum atomic E-state index is -1.23. The van der Waals surface area contributed by atoms with Gasteiger partial charge in [0.15, 0.2) is 0 Å². The molecule has 2 saturated heterocycles. The molecule has 0 aliphatic carbocycles. The van der Waals surface area contributed by atoms with Crippen molar-refractivity contribution in [2.24, 2.45) is 10.9 Å². The highest BCUT2D eigenvalue weighted by Crippen LogP contribution is 2.28. The lowest BCUT2D eigenvalue weighted by atomic mass is 9.82. The van der Waals surface area contributed by atoms with E-state index in [2.05, 4.69) is 51.5 Å². The number of aliphatic imine (C=N–C) groups is 1. The van der Waals surface area contributed by atoms with E-state index in [0.717, 1.165) is 90.4 Å². The minimum absolute atomic E-state index is 0.112. The van der Waals surface area contributed by atoms with Crippen LogP contribution in [0.3, 0.4) is 0 Å². The smallest absolute Gasteiger partial charge is 0.306 e. The number of rotatable bonds is 8. The van der Waals surface area contributed by atoms with Crippen molar-refractivity contribution in [1.29, 1.82) is 0 Å². The van der Waals surface area contributed by atoms with Gasteiger partial charge in [0.05, 0.1) is 24.8 Å². The summed E-state index contributed by atoms with van der Waals surface area (Å²) in [6.07, 6.45) is 12.5. The lowest BCUT2D eigenvalue weighted by Crippen LogP contribution is -2.60. The van der Waals surface area contributed by atoms with Gasteiger partial charge in [0, 0.05) is 61.3 Å². The summed E-state index contributed by atoms with van der Waals surface area (Å²) in [5.74, 6) is 6.51. The van der Waals surface area contributed by atoms with E-state index in [1.165, 1.54) is 0 Å². The number of unbranched alkanes of at least 4 members (excludes halogenated alkanes) is 1. The van der Waals surface area contributed by atoms with Crippen LogP contribution in [-0.2, 0) is 4.79 Å². The molecule has 4 aliphatic heterocycles. The first-order valence-corrected chi connectivity index (χ1v) is 15.7. The molecule has 4 heterocycles. The van der Waals surface area contributed by atoms with E-state index in [-0.39, 0.29) is 24.1 Å². The number of nitrogens with zero attached hydrogens (tertiary/aromatic N) is 2. The van der Waals surface area contributed by atoms with Crippen molar-refractivity contribution in [2.75, 3.05) is 26.3 Å². The Morgan fingerprint density at radius 3 is 2.83 bits per heavy atom. The normalized spacial score (nSPS) is 39.7. The number of carboxylic acid groups (broad SMARTS) is 1. The number of piperidine rings is 2. The summed E-state index contributed by atoms with van der Waals surface area (Å²) in [6.45, 7) is 7.08. The summed E-state index contributed by atoms with van der Waals surface area (Å²) in [5, 5.41) is 42.0. The fourth-order valence-corrected chi connectivity index (χ4v) is 7.17.